The summed E-state index contributed by atoms with van der Waals surface area (Å²) in [6.07, 6.45) is 1.26. The van der Waals surface area contributed by atoms with Gasteiger partial charge in [0, 0.05) is 17.5 Å². The van der Waals surface area contributed by atoms with E-state index in [-0.39, 0.29) is 11.7 Å². The minimum absolute atomic E-state index is 0.0127. The summed E-state index contributed by atoms with van der Waals surface area (Å²) in [5.41, 5.74) is -0.0127. The third kappa shape index (κ3) is 2.25. The molecule has 0 bridgehead atoms. The standard InChI is InChI=1S/C12H19NOS/c1-4-12(3)8-13-9(2)11(14-12)10-6-5-7-15-10/h5-7,9,11,13H,4,8H2,1-3H3. The topological polar surface area (TPSA) is 21.3 Å². The molecule has 0 radical (unpaired) electrons. The maximum Gasteiger partial charge on any atom is 0.107 e. The highest BCUT2D eigenvalue weighted by Crippen LogP contribution is 2.34. The first-order valence-electron chi connectivity index (χ1n) is 5.59. The van der Waals surface area contributed by atoms with Gasteiger partial charge >= 0.3 is 0 Å². The van der Waals surface area contributed by atoms with Gasteiger partial charge in [0.1, 0.15) is 6.10 Å². The monoisotopic (exact) mass is 225 g/mol. The van der Waals surface area contributed by atoms with Gasteiger partial charge in [-0.25, -0.2) is 0 Å². The predicted octanol–water partition coefficient (Wildman–Crippen LogP) is 2.97. The molecule has 0 saturated carbocycles. The molecule has 0 spiro atoms. The fraction of sp³-hybridized carbons (Fsp3) is 0.667. The molecular formula is C12H19NOS. The van der Waals surface area contributed by atoms with Gasteiger partial charge in [-0.2, -0.15) is 0 Å². The Labute approximate surface area is 95.6 Å². The molecule has 3 atom stereocenters. The Kier molecular flexibility index (Phi) is 3.14. The fourth-order valence-corrected chi connectivity index (χ4v) is 2.76. The van der Waals surface area contributed by atoms with Crippen LogP contribution >= 0.6 is 11.3 Å². The van der Waals surface area contributed by atoms with Crippen LogP contribution in [0.5, 0.6) is 0 Å². The number of ether oxygens (including phenoxy) is 1. The number of hydrogen-bond donors (Lipinski definition) is 1. The van der Waals surface area contributed by atoms with Crippen molar-refractivity contribution in [2.24, 2.45) is 0 Å². The lowest BCUT2D eigenvalue weighted by Gasteiger charge is -2.42. The molecule has 2 heterocycles. The Bertz CT molecular complexity index is 311. The second-order valence-corrected chi connectivity index (χ2v) is 5.51. The van der Waals surface area contributed by atoms with Crippen LogP contribution < -0.4 is 5.32 Å². The van der Waals surface area contributed by atoms with Gasteiger partial charge in [-0.15, -0.1) is 11.3 Å². The largest absolute Gasteiger partial charge is 0.364 e. The first kappa shape index (κ1) is 11.1. The van der Waals surface area contributed by atoms with Crippen molar-refractivity contribution < 1.29 is 4.74 Å². The molecule has 3 unspecified atom stereocenters. The van der Waals surface area contributed by atoms with Crippen LogP contribution in [0.25, 0.3) is 0 Å². The summed E-state index contributed by atoms with van der Waals surface area (Å²) in [5, 5.41) is 5.66. The summed E-state index contributed by atoms with van der Waals surface area (Å²) in [6, 6.07) is 4.66. The highest BCUT2D eigenvalue weighted by atomic mass is 32.1. The van der Waals surface area contributed by atoms with Crippen molar-refractivity contribution in [3.05, 3.63) is 22.4 Å². The maximum absolute atomic E-state index is 6.23. The van der Waals surface area contributed by atoms with Crippen molar-refractivity contribution in [2.45, 2.75) is 44.9 Å². The molecule has 84 valence electrons. The molecule has 1 N–H and O–H groups in total. The Morgan fingerprint density at radius 3 is 3.07 bits per heavy atom. The molecule has 1 aliphatic heterocycles. The average Bonchev–Trinajstić information content (AvgIpc) is 2.75. The Morgan fingerprint density at radius 2 is 2.47 bits per heavy atom. The number of morpholine rings is 1. The van der Waals surface area contributed by atoms with Crippen molar-refractivity contribution in [3.8, 4) is 0 Å². The summed E-state index contributed by atoms with van der Waals surface area (Å²) in [5.74, 6) is 0. The van der Waals surface area contributed by atoms with Gasteiger partial charge in [-0.1, -0.05) is 13.0 Å². The summed E-state index contributed by atoms with van der Waals surface area (Å²) < 4.78 is 6.23. The van der Waals surface area contributed by atoms with Crippen LogP contribution in [0.3, 0.4) is 0 Å². The Morgan fingerprint density at radius 1 is 1.67 bits per heavy atom. The third-order valence-corrected chi connectivity index (χ3v) is 4.17. The lowest BCUT2D eigenvalue weighted by atomic mass is 9.97. The summed E-state index contributed by atoms with van der Waals surface area (Å²) in [7, 11) is 0. The molecule has 0 aliphatic carbocycles. The van der Waals surface area contributed by atoms with Crippen molar-refractivity contribution in [1.82, 2.24) is 5.32 Å². The predicted molar refractivity (Wildman–Crippen MR) is 64.3 cm³/mol. The Balaban J connectivity index is 2.16. The van der Waals surface area contributed by atoms with E-state index >= 15 is 0 Å². The number of hydrogen-bond acceptors (Lipinski definition) is 3. The van der Waals surface area contributed by atoms with Gasteiger partial charge < -0.3 is 10.1 Å². The zero-order chi connectivity index (χ0) is 10.9. The van der Waals surface area contributed by atoms with Crippen LogP contribution in [-0.4, -0.2) is 18.2 Å². The van der Waals surface area contributed by atoms with Crippen LogP contribution in [0.1, 0.15) is 38.2 Å². The molecule has 0 aromatic carbocycles. The molecule has 3 heteroatoms. The first-order valence-corrected chi connectivity index (χ1v) is 6.47. The lowest BCUT2D eigenvalue weighted by molar-refractivity contribution is -0.125. The van der Waals surface area contributed by atoms with E-state index in [1.807, 2.05) is 0 Å². The van der Waals surface area contributed by atoms with Gasteiger partial charge in [-0.3, -0.25) is 0 Å². The molecule has 15 heavy (non-hydrogen) atoms. The minimum atomic E-state index is -0.0127. The van der Waals surface area contributed by atoms with Gasteiger partial charge in [0.25, 0.3) is 0 Å². The van der Waals surface area contributed by atoms with Crippen molar-refractivity contribution in [3.63, 3.8) is 0 Å². The van der Waals surface area contributed by atoms with E-state index in [9.17, 15) is 0 Å². The molecule has 1 aromatic heterocycles. The highest BCUT2D eigenvalue weighted by Gasteiger charge is 2.36. The third-order valence-electron chi connectivity index (χ3n) is 3.24. The fourth-order valence-electron chi connectivity index (χ4n) is 1.90. The molecule has 2 nitrogen and oxygen atoms in total. The van der Waals surface area contributed by atoms with E-state index in [1.54, 1.807) is 11.3 Å². The molecule has 1 saturated heterocycles. The molecule has 0 amide bonds. The van der Waals surface area contributed by atoms with Crippen molar-refractivity contribution >= 4 is 11.3 Å². The normalized spacial score (nSPS) is 36.7. The highest BCUT2D eigenvalue weighted by molar-refractivity contribution is 7.10. The number of nitrogens with one attached hydrogen (secondary N) is 1. The zero-order valence-electron chi connectivity index (χ0n) is 9.62. The molecule has 1 aliphatic rings. The maximum atomic E-state index is 6.23. The number of rotatable bonds is 2. The quantitative estimate of drug-likeness (QED) is 0.835. The lowest BCUT2D eigenvalue weighted by Crippen LogP contribution is -2.52. The SMILES string of the molecule is CCC1(C)CNC(C)C(c2cccs2)O1. The van der Waals surface area contributed by atoms with Crippen LogP contribution in [0.15, 0.2) is 17.5 Å². The van der Waals surface area contributed by atoms with Crippen LogP contribution in [0.2, 0.25) is 0 Å². The second kappa shape index (κ2) is 4.24. The van der Waals surface area contributed by atoms with E-state index in [2.05, 4.69) is 43.6 Å². The summed E-state index contributed by atoms with van der Waals surface area (Å²) in [6.45, 7) is 7.52. The average molecular weight is 225 g/mol. The molecule has 2 rings (SSSR count). The van der Waals surface area contributed by atoms with E-state index in [0.29, 0.717) is 6.04 Å². The van der Waals surface area contributed by atoms with Gasteiger partial charge in [0.2, 0.25) is 0 Å². The van der Waals surface area contributed by atoms with Crippen molar-refractivity contribution in [1.29, 1.82) is 0 Å². The first-order chi connectivity index (χ1) is 7.14. The van der Waals surface area contributed by atoms with Gasteiger partial charge in [0.15, 0.2) is 0 Å². The Hall–Kier alpha value is -0.380. The van der Waals surface area contributed by atoms with Gasteiger partial charge in [0.05, 0.1) is 5.60 Å². The molecule has 1 aromatic rings. The second-order valence-electron chi connectivity index (χ2n) is 4.53. The summed E-state index contributed by atoms with van der Waals surface area (Å²) >= 11 is 1.78. The minimum Gasteiger partial charge on any atom is -0.364 e. The molecular weight excluding hydrogens is 206 g/mol. The van der Waals surface area contributed by atoms with Crippen LogP contribution in [0, 0.1) is 0 Å². The van der Waals surface area contributed by atoms with Crippen molar-refractivity contribution in [2.75, 3.05) is 6.54 Å². The van der Waals surface area contributed by atoms with E-state index in [0.717, 1.165) is 13.0 Å². The van der Waals surface area contributed by atoms with E-state index < -0.39 is 0 Å². The van der Waals surface area contributed by atoms with Crippen LogP contribution in [0.4, 0.5) is 0 Å². The molecule has 1 fully saturated rings. The zero-order valence-corrected chi connectivity index (χ0v) is 10.4. The van der Waals surface area contributed by atoms with E-state index in [1.165, 1.54) is 4.88 Å². The van der Waals surface area contributed by atoms with Gasteiger partial charge in [-0.05, 0) is 31.7 Å². The smallest absolute Gasteiger partial charge is 0.107 e. The van der Waals surface area contributed by atoms with Crippen LogP contribution in [-0.2, 0) is 4.74 Å². The van der Waals surface area contributed by atoms with E-state index in [4.69, 9.17) is 4.74 Å². The number of thiophene rings is 1. The summed E-state index contributed by atoms with van der Waals surface area (Å²) in [4.78, 5) is 1.33.